The maximum Gasteiger partial charge on any atom is 0.234 e. The van der Waals surface area contributed by atoms with Crippen LogP contribution in [0, 0.1) is 0 Å². The van der Waals surface area contributed by atoms with Gasteiger partial charge in [-0.15, -0.1) is 10.2 Å². The Balaban J connectivity index is 1.52. The number of methoxy groups -OCH3 is 1. The van der Waals surface area contributed by atoms with Crippen LogP contribution in [0.2, 0.25) is 5.02 Å². The van der Waals surface area contributed by atoms with Gasteiger partial charge in [-0.1, -0.05) is 41.6 Å². The predicted octanol–water partition coefficient (Wildman–Crippen LogP) is 5.80. The first-order valence-corrected chi connectivity index (χ1v) is 11.9. The molecule has 174 valence electrons. The van der Waals surface area contributed by atoms with Gasteiger partial charge in [-0.2, -0.15) is 0 Å². The van der Waals surface area contributed by atoms with Crippen molar-refractivity contribution in [2.45, 2.75) is 18.2 Å². The number of nitrogens with one attached hydrogen (secondary N) is 1. The predicted molar refractivity (Wildman–Crippen MR) is 134 cm³/mol. The third-order valence-corrected chi connectivity index (χ3v) is 6.05. The van der Waals surface area contributed by atoms with Gasteiger partial charge in [0.1, 0.15) is 11.5 Å². The zero-order valence-electron chi connectivity index (χ0n) is 18.6. The molecule has 1 amide bonds. The van der Waals surface area contributed by atoms with Crippen LogP contribution in [0.5, 0.6) is 11.5 Å². The third kappa shape index (κ3) is 5.89. The lowest BCUT2D eigenvalue weighted by Crippen LogP contribution is -2.15. The van der Waals surface area contributed by atoms with Crippen molar-refractivity contribution < 1.29 is 14.3 Å². The van der Waals surface area contributed by atoms with Gasteiger partial charge in [-0.3, -0.25) is 9.36 Å². The number of para-hydroxylation sites is 1. The third-order valence-electron chi connectivity index (χ3n) is 4.87. The quantitative estimate of drug-likeness (QED) is 0.296. The second kappa shape index (κ2) is 11.1. The highest BCUT2D eigenvalue weighted by Crippen LogP contribution is 2.28. The number of carbonyl (C=O) groups is 1. The zero-order chi connectivity index (χ0) is 23.9. The van der Waals surface area contributed by atoms with E-state index in [1.807, 2.05) is 66.1 Å². The summed E-state index contributed by atoms with van der Waals surface area (Å²) in [4.78, 5) is 12.5. The molecule has 1 aromatic heterocycles. The molecule has 0 aliphatic heterocycles. The number of halogens is 1. The minimum Gasteiger partial charge on any atom is -0.497 e. The van der Waals surface area contributed by atoms with E-state index in [2.05, 4.69) is 15.5 Å². The molecule has 7 nitrogen and oxygen atoms in total. The first-order valence-electron chi connectivity index (χ1n) is 10.5. The molecule has 1 N–H and O–H groups in total. The second-order valence-electron chi connectivity index (χ2n) is 7.29. The van der Waals surface area contributed by atoms with E-state index >= 15 is 0 Å². The molecule has 0 radical (unpaired) electrons. The maximum absolute atomic E-state index is 12.5. The van der Waals surface area contributed by atoms with Gasteiger partial charge < -0.3 is 14.8 Å². The summed E-state index contributed by atoms with van der Waals surface area (Å²) in [7, 11) is 1.62. The molecule has 0 saturated heterocycles. The van der Waals surface area contributed by atoms with Crippen LogP contribution in [0.1, 0.15) is 18.9 Å². The molecule has 0 aliphatic rings. The largest absolute Gasteiger partial charge is 0.497 e. The average Bonchev–Trinajstić information content (AvgIpc) is 3.29. The highest BCUT2D eigenvalue weighted by Gasteiger charge is 2.21. The minimum atomic E-state index is -0.390. The summed E-state index contributed by atoms with van der Waals surface area (Å²) in [5.74, 6) is 2.08. The summed E-state index contributed by atoms with van der Waals surface area (Å²) in [5.41, 5.74) is 1.56. The normalized spacial score (nSPS) is 11.6. The van der Waals surface area contributed by atoms with Crippen LogP contribution in [0.3, 0.4) is 0 Å². The van der Waals surface area contributed by atoms with E-state index in [4.69, 9.17) is 21.1 Å². The van der Waals surface area contributed by atoms with Crippen LogP contribution in [-0.2, 0) is 4.79 Å². The SMILES string of the molecule is COc1ccc(OC(C)c2nnc(SCC(=O)Nc3ccc(Cl)cc3)n2-c2ccccc2)cc1. The summed E-state index contributed by atoms with van der Waals surface area (Å²) < 4.78 is 13.2. The van der Waals surface area contributed by atoms with Gasteiger partial charge in [-0.25, -0.2) is 0 Å². The molecular formula is C25H23ClN4O3S. The Morgan fingerprint density at radius 3 is 2.35 bits per heavy atom. The summed E-state index contributed by atoms with van der Waals surface area (Å²) in [6.45, 7) is 1.91. The van der Waals surface area contributed by atoms with Crippen LogP contribution in [0.15, 0.2) is 84.0 Å². The number of amides is 1. The topological polar surface area (TPSA) is 78.3 Å². The number of aromatic nitrogens is 3. The molecule has 1 atom stereocenters. The summed E-state index contributed by atoms with van der Waals surface area (Å²) >= 11 is 7.21. The van der Waals surface area contributed by atoms with Crippen LogP contribution in [0.25, 0.3) is 5.69 Å². The smallest absolute Gasteiger partial charge is 0.234 e. The van der Waals surface area contributed by atoms with Gasteiger partial charge in [0.2, 0.25) is 5.91 Å². The lowest BCUT2D eigenvalue weighted by Gasteiger charge is -2.17. The molecule has 9 heteroatoms. The fourth-order valence-electron chi connectivity index (χ4n) is 3.23. The maximum atomic E-state index is 12.5. The van der Waals surface area contributed by atoms with Crippen molar-refractivity contribution in [1.29, 1.82) is 0 Å². The van der Waals surface area contributed by atoms with Crippen LogP contribution < -0.4 is 14.8 Å². The van der Waals surface area contributed by atoms with E-state index in [9.17, 15) is 4.79 Å². The molecule has 4 rings (SSSR count). The molecule has 3 aromatic carbocycles. The number of nitrogens with zero attached hydrogens (tertiary/aromatic N) is 3. The molecule has 0 spiro atoms. The number of carbonyl (C=O) groups excluding carboxylic acids is 1. The summed E-state index contributed by atoms with van der Waals surface area (Å²) in [6.07, 6.45) is -0.390. The monoisotopic (exact) mass is 494 g/mol. The van der Waals surface area contributed by atoms with Crippen molar-refractivity contribution >= 4 is 35.0 Å². The Bertz CT molecular complexity index is 1230. The van der Waals surface area contributed by atoms with Crippen molar-refractivity contribution in [3.05, 3.63) is 89.7 Å². The number of benzene rings is 3. The molecule has 34 heavy (non-hydrogen) atoms. The number of hydrogen-bond acceptors (Lipinski definition) is 6. The Hall–Kier alpha value is -3.49. The van der Waals surface area contributed by atoms with Gasteiger partial charge >= 0.3 is 0 Å². The molecule has 1 unspecified atom stereocenters. The van der Waals surface area contributed by atoms with Crippen molar-refractivity contribution in [3.63, 3.8) is 0 Å². The van der Waals surface area contributed by atoms with Crippen molar-refractivity contribution in [1.82, 2.24) is 14.8 Å². The van der Waals surface area contributed by atoms with Gasteiger partial charge in [0.25, 0.3) is 0 Å². The average molecular weight is 495 g/mol. The number of ether oxygens (including phenoxy) is 2. The second-order valence-corrected chi connectivity index (χ2v) is 8.67. The number of hydrogen-bond donors (Lipinski definition) is 1. The highest BCUT2D eigenvalue weighted by molar-refractivity contribution is 7.99. The Kier molecular flexibility index (Phi) is 7.72. The highest BCUT2D eigenvalue weighted by atomic mass is 35.5. The fraction of sp³-hybridized carbons (Fsp3) is 0.160. The van der Waals surface area contributed by atoms with E-state index in [0.717, 1.165) is 11.4 Å². The van der Waals surface area contributed by atoms with Crippen LogP contribution >= 0.6 is 23.4 Å². The number of thioether (sulfide) groups is 1. The number of rotatable bonds is 9. The van der Waals surface area contributed by atoms with Gasteiger partial charge in [0.15, 0.2) is 17.1 Å². The van der Waals surface area contributed by atoms with E-state index in [0.29, 0.717) is 27.4 Å². The Labute approximate surface area is 207 Å². The van der Waals surface area contributed by atoms with Crippen LogP contribution in [-0.4, -0.2) is 33.5 Å². The summed E-state index contributed by atoms with van der Waals surface area (Å²) in [5, 5.41) is 12.8. The van der Waals surface area contributed by atoms with E-state index in [-0.39, 0.29) is 11.7 Å². The lowest BCUT2D eigenvalue weighted by atomic mass is 10.3. The molecule has 0 fully saturated rings. The molecular weight excluding hydrogens is 472 g/mol. The lowest BCUT2D eigenvalue weighted by molar-refractivity contribution is -0.113. The molecule has 0 bridgehead atoms. The fourth-order valence-corrected chi connectivity index (χ4v) is 4.11. The van der Waals surface area contributed by atoms with Crippen LogP contribution in [0.4, 0.5) is 5.69 Å². The minimum absolute atomic E-state index is 0.154. The van der Waals surface area contributed by atoms with Crippen molar-refractivity contribution in [2.24, 2.45) is 0 Å². The Morgan fingerprint density at radius 1 is 1.00 bits per heavy atom. The zero-order valence-corrected chi connectivity index (χ0v) is 20.2. The standard InChI is InChI=1S/C25H23ClN4O3S/c1-17(33-22-14-12-21(32-2)13-15-22)24-28-29-25(30(24)20-6-4-3-5-7-20)34-16-23(31)27-19-10-8-18(26)9-11-19/h3-15,17H,16H2,1-2H3,(H,27,31). The van der Waals surface area contributed by atoms with E-state index in [1.54, 1.807) is 31.4 Å². The van der Waals surface area contributed by atoms with Crippen molar-refractivity contribution in [2.75, 3.05) is 18.2 Å². The van der Waals surface area contributed by atoms with E-state index < -0.39 is 6.10 Å². The first kappa shape index (κ1) is 23.7. The van der Waals surface area contributed by atoms with E-state index in [1.165, 1.54) is 11.8 Å². The molecule has 0 aliphatic carbocycles. The Morgan fingerprint density at radius 2 is 1.68 bits per heavy atom. The number of anilines is 1. The van der Waals surface area contributed by atoms with Gasteiger partial charge in [-0.05, 0) is 67.6 Å². The van der Waals surface area contributed by atoms with Gasteiger partial charge in [0.05, 0.1) is 12.9 Å². The molecule has 4 aromatic rings. The van der Waals surface area contributed by atoms with Gasteiger partial charge in [0, 0.05) is 16.4 Å². The molecule has 1 heterocycles. The molecule has 0 saturated carbocycles. The van der Waals surface area contributed by atoms with Crippen molar-refractivity contribution in [3.8, 4) is 17.2 Å². The summed E-state index contributed by atoms with van der Waals surface area (Å²) in [6, 6.07) is 24.1. The first-order chi connectivity index (χ1) is 16.5.